The number of aromatic nitrogens is 3. The zero-order chi connectivity index (χ0) is 17.4. The lowest BCUT2D eigenvalue weighted by Crippen LogP contribution is -2.51. The van der Waals surface area contributed by atoms with Crippen LogP contribution in [0, 0.1) is 13.8 Å². The van der Waals surface area contributed by atoms with E-state index in [1.165, 1.54) is 4.88 Å². The lowest BCUT2D eigenvalue weighted by atomic mass is 10.0. The number of nitrogens with one attached hydrogen (secondary N) is 1. The maximum absolute atomic E-state index is 9.58. The SMILES string of the molecule is Cc1nc(C)c(CNc2cc(C3CCOC3)nc(N3CC(O)C3)n2)s1. The number of rotatable bonds is 5. The van der Waals surface area contributed by atoms with Crippen LogP contribution in [0.2, 0.25) is 0 Å². The molecule has 4 heterocycles. The molecule has 2 fully saturated rings. The monoisotopic (exact) mass is 361 g/mol. The van der Waals surface area contributed by atoms with E-state index in [0.29, 0.717) is 38.1 Å². The van der Waals surface area contributed by atoms with Crippen molar-refractivity contribution in [2.45, 2.75) is 38.8 Å². The Hall–Kier alpha value is -1.77. The average Bonchev–Trinajstić information content (AvgIpc) is 3.19. The number of nitrogens with zero attached hydrogens (tertiary/aromatic N) is 4. The summed E-state index contributed by atoms with van der Waals surface area (Å²) in [6, 6.07) is 2.03. The van der Waals surface area contributed by atoms with Gasteiger partial charge in [0.2, 0.25) is 5.95 Å². The first kappa shape index (κ1) is 16.7. The highest BCUT2D eigenvalue weighted by atomic mass is 32.1. The molecule has 2 aliphatic heterocycles. The van der Waals surface area contributed by atoms with Gasteiger partial charge in [-0.25, -0.2) is 9.97 Å². The van der Waals surface area contributed by atoms with Crippen LogP contribution in [-0.4, -0.2) is 52.5 Å². The largest absolute Gasteiger partial charge is 0.389 e. The number of β-amino-alcohol motifs (C(OH)–C–C–N with tert-alkyl or cyclic N) is 1. The molecule has 0 aromatic carbocycles. The molecule has 2 aromatic heterocycles. The molecular formula is C17H23N5O2S. The maximum Gasteiger partial charge on any atom is 0.227 e. The van der Waals surface area contributed by atoms with E-state index in [-0.39, 0.29) is 6.10 Å². The van der Waals surface area contributed by atoms with Gasteiger partial charge in [-0.2, -0.15) is 4.98 Å². The Morgan fingerprint density at radius 3 is 2.80 bits per heavy atom. The lowest BCUT2D eigenvalue weighted by molar-refractivity contribution is 0.140. The fourth-order valence-corrected chi connectivity index (χ4v) is 4.07. The smallest absolute Gasteiger partial charge is 0.227 e. The first-order valence-electron chi connectivity index (χ1n) is 8.65. The molecule has 7 nitrogen and oxygen atoms in total. The van der Waals surface area contributed by atoms with Crippen LogP contribution in [0.4, 0.5) is 11.8 Å². The minimum atomic E-state index is -0.277. The van der Waals surface area contributed by atoms with Crippen LogP contribution in [0.15, 0.2) is 6.07 Å². The zero-order valence-electron chi connectivity index (χ0n) is 14.5. The molecule has 134 valence electrons. The number of aliphatic hydroxyl groups excluding tert-OH is 1. The Labute approximate surface area is 151 Å². The first-order chi connectivity index (χ1) is 12.1. The van der Waals surface area contributed by atoms with E-state index in [0.717, 1.165) is 35.2 Å². The van der Waals surface area contributed by atoms with Gasteiger partial charge in [0.1, 0.15) is 5.82 Å². The van der Waals surface area contributed by atoms with E-state index >= 15 is 0 Å². The number of aliphatic hydroxyl groups is 1. The second-order valence-corrected chi connectivity index (χ2v) is 7.98. The Balaban J connectivity index is 1.55. The Kier molecular flexibility index (Phi) is 4.58. The van der Waals surface area contributed by atoms with Crippen molar-refractivity contribution in [3.8, 4) is 0 Å². The Morgan fingerprint density at radius 2 is 2.16 bits per heavy atom. The van der Waals surface area contributed by atoms with E-state index < -0.39 is 0 Å². The van der Waals surface area contributed by atoms with Crippen LogP contribution < -0.4 is 10.2 Å². The van der Waals surface area contributed by atoms with Gasteiger partial charge in [0, 0.05) is 36.6 Å². The number of ether oxygens (including phenoxy) is 1. The summed E-state index contributed by atoms with van der Waals surface area (Å²) in [6.45, 7) is 7.46. The number of anilines is 2. The van der Waals surface area contributed by atoms with Gasteiger partial charge in [-0.15, -0.1) is 11.3 Å². The fraction of sp³-hybridized carbons (Fsp3) is 0.588. The fourth-order valence-electron chi connectivity index (χ4n) is 3.19. The molecular weight excluding hydrogens is 338 g/mol. The molecule has 0 bridgehead atoms. The van der Waals surface area contributed by atoms with Gasteiger partial charge in [0.15, 0.2) is 0 Å². The van der Waals surface area contributed by atoms with Gasteiger partial charge in [-0.3, -0.25) is 0 Å². The minimum absolute atomic E-state index is 0.277. The van der Waals surface area contributed by atoms with Crippen LogP contribution in [0.3, 0.4) is 0 Å². The third-order valence-corrected chi connectivity index (χ3v) is 5.73. The molecule has 0 amide bonds. The van der Waals surface area contributed by atoms with Crippen molar-refractivity contribution in [1.82, 2.24) is 15.0 Å². The van der Waals surface area contributed by atoms with Crippen molar-refractivity contribution in [3.05, 3.63) is 27.3 Å². The number of hydrogen-bond acceptors (Lipinski definition) is 8. The summed E-state index contributed by atoms with van der Waals surface area (Å²) in [7, 11) is 0. The molecule has 2 aliphatic rings. The van der Waals surface area contributed by atoms with Gasteiger partial charge < -0.3 is 20.1 Å². The third kappa shape index (κ3) is 3.61. The van der Waals surface area contributed by atoms with Crippen LogP contribution in [0.1, 0.15) is 33.6 Å². The van der Waals surface area contributed by atoms with Gasteiger partial charge in [-0.05, 0) is 20.3 Å². The van der Waals surface area contributed by atoms with Gasteiger partial charge >= 0.3 is 0 Å². The van der Waals surface area contributed by atoms with Crippen LogP contribution >= 0.6 is 11.3 Å². The third-order valence-electron chi connectivity index (χ3n) is 4.66. The van der Waals surface area contributed by atoms with Crippen molar-refractivity contribution in [3.63, 3.8) is 0 Å². The predicted molar refractivity (Wildman–Crippen MR) is 97.3 cm³/mol. The van der Waals surface area contributed by atoms with E-state index in [1.54, 1.807) is 11.3 Å². The molecule has 2 aromatic rings. The Morgan fingerprint density at radius 1 is 1.32 bits per heavy atom. The highest BCUT2D eigenvalue weighted by Crippen LogP contribution is 2.28. The van der Waals surface area contributed by atoms with E-state index in [2.05, 4.69) is 15.3 Å². The molecule has 0 spiro atoms. The highest BCUT2D eigenvalue weighted by Gasteiger charge is 2.28. The second-order valence-electron chi connectivity index (χ2n) is 6.69. The normalized spacial score (nSPS) is 20.8. The van der Waals surface area contributed by atoms with E-state index in [9.17, 15) is 5.11 Å². The standard InChI is InChI=1S/C17H23N5O2S/c1-10-15(25-11(2)19-10)6-18-16-5-14(12-3-4-24-9-12)20-17(21-16)22-7-13(23)8-22/h5,12-13,23H,3-4,6-9H2,1-2H3,(H,18,20,21). The molecule has 1 atom stereocenters. The Bertz CT molecular complexity index is 753. The molecule has 0 aliphatic carbocycles. The lowest BCUT2D eigenvalue weighted by Gasteiger charge is -2.36. The molecule has 4 rings (SSSR count). The average molecular weight is 361 g/mol. The number of hydrogen-bond donors (Lipinski definition) is 2. The first-order valence-corrected chi connectivity index (χ1v) is 9.46. The minimum Gasteiger partial charge on any atom is -0.389 e. The van der Waals surface area contributed by atoms with Crippen LogP contribution in [0.5, 0.6) is 0 Å². The summed E-state index contributed by atoms with van der Waals surface area (Å²) >= 11 is 1.71. The van der Waals surface area contributed by atoms with Crippen molar-refractivity contribution < 1.29 is 9.84 Å². The summed E-state index contributed by atoms with van der Waals surface area (Å²) in [5.41, 5.74) is 2.09. The van der Waals surface area contributed by atoms with Gasteiger partial charge in [0.25, 0.3) is 0 Å². The zero-order valence-corrected chi connectivity index (χ0v) is 15.3. The number of aryl methyl sites for hydroxylation is 2. The molecule has 2 saturated heterocycles. The van der Waals surface area contributed by atoms with Crippen molar-refractivity contribution >= 4 is 23.1 Å². The summed E-state index contributed by atoms with van der Waals surface area (Å²) in [4.78, 5) is 17.1. The van der Waals surface area contributed by atoms with E-state index in [4.69, 9.17) is 9.72 Å². The van der Waals surface area contributed by atoms with Crippen molar-refractivity contribution in [1.29, 1.82) is 0 Å². The van der Waals surface area contributed by atoms with Crippen LogP contribution in [0.25, 0.3) is 0 Å². The summed E-state index contributed by atoms with van der Waals surface area (Å²) in [5, 5.41) is 14.1. The summed E-state index contributed by atoms with van der Waals surface area (Å²) in [5.74, 6) is 1.83. The van der Waals surface area contributed by atoms with Crippen molar-refractivity contribution in [2.75, 3.05) is 36.5 Å². The molecule has 0 saturated carbocycles. The van der Waals surface area contributed by atoms with E-state index in [1.807, 2.05) is 24.8 Å². The highest BCUT2D eigenvalue weighted by molar-refractivity contribution is 7.11. The molecule has 2 N–H and O–H groups in total. The molecule has 1 unspecified atom stereocenters. The quantitative estimate of drug-likeness (QED) is 0.841. The molecule has 25 heavy (non-hydrogen) atoms. The van der Waals surface area contributed by atoms with Crippen LogP contribution in [-0.2, 0) is 11.3 Å². The van der Waals surface area contributed by atoms with Gasteiger partial charge in [0.05, 0.1) is 35.7 Å². The topological polar surface area (TPSA) is 83.4 Å². The predicted octanol–water partition coefficient (Wildman–Crippen LogP) is 1.85. The van der Waals surface area contributed by atoms with Gasteiger partial charge in [-0.1, -0.05) is 0 Å². The molecule has 8 heteroatoms. The summed E-state index contributed by atoms with van der Waals surface area (Å²) < 4.78 is 5.52. The summed E-state index contributed by atoms with van der Waals surface area (Å²) in [6.07, 6.45) is 0.715. The van der Waals surface area contributed by atoms with Crippen molar-refractivity contribution in [2.24, 2.45) is 0 Å². The maximum atomic E-state index is 9.58. The molecule has 0 radical (unpaired) electrons. The number of thiazole rings is 1. The second kappa shape index (κ2) is 6.86.